The van der Waals surface area contributed by atoms with E-state index in [2.05, 4.69) is 27.3 Å². The number of nitrogens with zero attached hydrogens (tertiary/aromatic N) is 2. The molecule has 190 valence electrons. The molecule has 0 aliphatic carbocycles. The Kier molecular flexibility index (Phi) is 7.33. The summed E-state index contributed by atoms with van der Waals surface area (Å²) in [4.78, 5) is 22.9. The molecule has 0 aliphatic heterocycles. The third kappa shape index (κ3) is 5.82. The summed E-state index contributed by atoms with van der Waals surface area (Å²) in [6.07, 6.45) is 0.282. The van der Waals surface area contributed by atoms with E-state index in [4.69, 9.17) is 4.99 Å². The van der Waals surface area contributed by atoms with E-state index >= 15 is 0 Å². The van der Waals surface area contributed by atoms with Crippen molar-refractivity contribution < 1.29 is 9.90 Å². The Hall–Kier alpha value is -4.68. The second-order valence-corrected chi connectivity index (χ2v) is 9.55. The number of H-pyrrole nitrogens is 1. The molecule has 0 bridgehead atoms. The minimum Gasteiger partial charge on any atom is -0.494 e. The normalized spacial score (nSPS) is 11.7. The fourth-order valence-electron chi connectivity index (χ4n) is 4.51. The lowest BCUT2D eigenvalue weighted by Crippen LogP contribution is -2.14. The molecule has 1 amide bonds. The quantitative estimate of drug-likeness (QED) is 0.218. The van der Waals surface area contributed by atoms with Crippen LogP contribution in [0.15, 0.2) is 108 Å². The zero-order valence-electron chi connectivity index (χ0n) is 21.5. The van der Waals surface area contributed by atoms with E-state index in [0.29, 0.717) is 17.0 Å². The van der Waals surface area contributed by atoms with E-state index in [1.165, 1.54) is 5.56 Å². The third-order valence-corrected chi connectivity index (χ3v) is 6.23. The zero-order chi connectivity index (χ0) is 26.5. The van der Waals surface area contributed by atoms with Gasteiger partial charge in [-0.1, -0.05) is 72.8 Å². The van der Waals surface area contributed by atoms with Crippen LogP contribution in [-0.4, -0.2) is 40.7 Å². The molecule has 0 spiro atoms. The molecule has 1 heterocycles. The maximum Gasteiger partial charge on any atom is 0.228 e. The number of aromatic nitrogens is 1. The molecule has 0 saturated heterocycles. The van der Waals surface area contributed by atoms with Crippen LogP contribution in [0.2, 0.25) is 0 Å². The first kappa shape index (κ1) is 25.0. The van der Waals surface area contributed by atoms with Gasteiger partial charge in [0.25, 0.3) is 0 Å². The van der Waals surface area contributed by atoms with Gasteiger partial charge in [0.15, 0.2) is 5.88 Å². The standard InChI is InChI=1S/C32H30N4O2/c1-36(2)21-23-13-15-25(16-14-23)34-31(24-11-7-4-8-12-24)30-27-20-26(17-18-28(27)35-32(30)38)33-29(37)19-22-9-5-3-6-10-22/h3-18,20,35,38H,19,21H2,1-2H3,(H,33,37). The predicted octanol–water partition coefficient (Wildman–Crippen LogP) is 6.29. The number of hydrogen-bond donors (Lipinski definition) is 3. The fourth-order valence-corrected chi connectivity index (χ4v) is 4.51. The van der Waals surface area contributed by atoms with Gasteiger partial charge < -0.3 is 20.3 Å². The van der Waals surface area contributed by atoms with Crippen molar-refractivity contribution in [2.75, 3.05) is 19.4 Å². The van der Waals surface area contributed by atoms with Crippen LogP contribution in [0.1, 0.15) is 22.3 Å². The number of carbonyl (C=O) groups is 1. The first-order valence-corrected chi connectivity index (χ1v) is 12.5. The highest BCUT2D eigenvalue weighted by Crippen LogP contribution is 2.33. The topological polar surface area (TPSA) is 80.7 Å². The Bertz CT molecular complexity index is 1570. The number of nitrogens with one attached hydrogen (secondary N) is 2. The molecule has 4 aromatic carbocycles. The van der Waals surface area contributed by atoms with Crippen LogP contribution < -0.4 is 5.32 Å². The number of rotatable bonds is 8. The van der Waals surface area contributed by atoms with Crippen LogP contribution in [0.5, 0.6) is 5.88 Å². The minimum absolute atomic E-state index is 0.0274. The van der Waals surface area contributed by atoms with Crippen molar-refractivity contribution in [3.05, 3.63) is 125 Å². The third-order valence-electron chi connectivity index (χ3n) is 6.23. The molecule has 0 radical (unpaired) electrons. The molecule has 6 heteroatoms. The summed E-state index contributed by atoms with van der Waals surface area (Å²) in [6.45, 7) is 0.845. The summed E-state index contributed by atoms with van der Waals surface area (Å²) in [5, 5.41) is 14.8. The van der Waals surface area contributed by atoms with Crippen molar-refractivity contribution in [2.24, 2.45) is 4.99 Å². The molecule has 38 heavy (non-hydrogen) atoms. The van der Waals surface area contributed by atoms with Crippen LogP contribution in [0, 0.1) is 0 Å². The second-order valence-electron chi connectivity index (χ2n) is 9.55. The molecule has 0 unspecified atom stereocenters. The monoisotopic (exact) mass is 502 g/mol. The molecule has 3 N–H and O–H groups in total. The van der Waals surface area contributed by atoms with Crippen LogP contribution in [0.25, 0.3) is 10.9 Å². The van der Waals surface area contributed by atoms with Gasteiger partial charge in [-0.15, -0.1) is 0 Å². The molecular formula is C32H30N4O2. The number of aromatic hydroxyl groups is 1. The smallest absolute Gasteiger partial charge is 0.228 e. The lowest BCUT2D eigenvalue weighted by Gasteiger charge is -2.11. The minimum atomic E-state index is -0.105. The van der Waals surface area contributed by atoms with E-state index in [9.17, 15) is 9.90 Å². The van der Waals surface area contributed by atoms with Gasteiger partial charge >= 0.3 is 0 Å². The van der Waals surface area contributed by atoms with E-state index in [0.717, 1.165) is 34.3 Å². The summed E-state index contributed by atoms with van der Waals surface area (Å²) in [5.74, 6) is -0.0776. The maximum atomic E-state index is 12.7. The molecule has 6 nitrogen and oxygen atoms in total. The average Bonchev–Trinajstić information content (AvgIpc) is 3.23. The Balaban J connectivity index is 1.53. The van der Waals surface area contributed by atoms with Gasteiger partial charge in [0.05, 0.1) is 23.4 Å². The van der Waals surface area contributed by atoms with E-state index < -0.39 is 0 Å². The molecule has 1 aromatic heterocycles. The fraction of sp³-hybridized carbons (Fsp3) is 0.125. The Morgan fingerprint density at radius 2 is 1.55 bits per heavy atom. The van der Waals surface area contributed by atoms with E-state index in [1.807, 2.05) is 105 Å². The Morgan fingerprint density at radius 3 is 2.24 bits per heavy atom. The Morgan fingerprint density at radius 1 is 0.868 bits per heavy atom. The highest BCUT2D eigenvalue weighted by Gasteiger charge is 2.19. The van der Waals surface area contributed by atoms with Crippen molar-refractivity contribution in [1.29, 1.82) is 0 Å². The van der Waals surface area contributed by atoms with Gasteiger partial charge in [0.2, 0.25) is 5.91 Å². The summed E-state index contributed by atoms with van der Waals surface area (Å²) in [6, 6.07) is 33.1. The van der Waals surface area contributed by atoms with E-state index in [-0.39, 0.29) is 18.2 Å². The first-order chi connectivity index (χ1) is 18.5. The number of hydrogen-bond acceptors (Lipinski definition) is 4. The molecule has 0 aliphatic rings. The van der Waals surface area contributed by atoms with Crippen molar-refractivity contribution >= 4 is 33.9 Å². The van der Waals surface area contributed by atoms with Gasteiger partial charge in [-0.05, 0) is 55.6 Å². The molecule has 5 rings (SSSR count). The lowest BCUT2D eigenvalue weighted by molar-refractivity contribution is -0.115. The number of carbonyl (C=O) groups excluding carboxylic acids is 1. The number of fused-ring (bicyclic) bond motifs is 1. The Labute approximate surface area is 222 Å². The van der Waals surface area contributed by atoms with Crippen LogP contribution in [-0.2, 0) is 17.8 Å². The average molecular weight is 503 g/mol. The highest BCUT2D eigenvalue weighted by atomic mass is 16.3. The van der Waals surface area contributed by atoms with E-state index in [1.54, 1.807) is 0 Å². The summed E-state index contributed by atoms with van der Waals surface area (Å²) in [7, 11) is 4.08. The summed E-state index contributed by atoms with van der Waals surface area (Å²) in [5.41, 5.74) is 6.43. The molecular weight excluding hydrogens is 472 g/mol. The van der Waals surface area contributed by atoms with Crippen LogP contribution >= 0.6 is 0 Å². The number of anilines is 1. The molecule has 0 fully saturated rings. The molecule has 0 atom stereocenters. The number of benzene rings is 4. The highest BCUT2D eigenvalue weighted by molar-refractivity contribution is 6.22. The van der Waals surface area contributed by atoms with Gasteiger partial charge in [-0.2, -0.15) is 0 Å². The maximum absolute atomic E-state index is 12.7. The number of amides is 1. The van der Waals surface area contributed by atoms with Gasteiger partial charge in [0.1, 0.15) is 0 Å². The van der Waals surface area contributed by atoms with Gasteiger partial charge in [-0.3, -0.25) is 4.79 Å². The number of aromatic amines is 1. The van der Waals surface area contributed by atoms with Gasteiger partial charge in [0, 0.05) is 28.7 Å². The van der Waals surface area contributed by atoms with Crippen molar-refractivity contribution in [3.63, 3.8) is 0 Å². The number of aliphatic imine (C=N–C) groups is 1. The summed E-state index contributed by atoms with van der Waals surface area (Å²) >= 11 is 0. The first-order valence-electron chi connectivity index (χ1n) is 12.5. The largest absolute Gasteiger partial charge is 0.494 e. The van der Waals surface area contributed by atoms with Gasteiger partial charge in [-0.25, -0.2) is 4.99 Å². The van der Waals surface area contributed by atoms with Crippen molar-refractivity contribution in [2.45, 2.75) is 13.0 Å². The van der Waals surface area contributed by atoms with Crippen LogP contribution in [0.4, 0.5) is 11.4 Å². The lowest BCUT2D eigenvalue weighted by atomic mass is 10.0. The van der Waals surface area contributed by atoms with Crippen molar-refractivity contribution in [1.82, 2.24) is 9.88 Å². The second kappa shape index (κ2) is 11.2. The SMILES string of the molecule is CN(C)Cc1ccc(N=C(c2ccccc2)c2c(O)[nH]c3ccc(NC(=O)Cc4ccccc4)cc23)cc1. The molecule has 0 saturated carbocycles. The van der Waals surface area contributed by atoms with Crippen molar-refractivity contribution in [3.8, 4) is 5.88 Å². The van der Waals surface area contributed by atoms with Crippen LogP contribution in [0.3, 0.4) is 0 Å². The predicted molar refractivity (Wildman–Crippen MR) is 154 cm³/mol. The molecule has 5 aromatic rings. The zero-order valence-corrected chi connectivity index (χ0v) is 21.5. The summed E-state index contributed by atoms with van der Waals surface area (Å²) < 4.78 is 0.